The highest BCUT2D eigenvalue weighted by atomic mass is 32.2. The molecule has 2 aromatic carbocycles. The maximum atomic E-state index is 12.6. The number of rotatable bonds is 8. The van der Waals surface area contributed by atoms with Crippen molar-refractivity contribution in [3.63, 3.8) is 0 Å². The second-order valence-corrected chi connectivity index (χ2v) is 13.3. The molecule has 1 fully saturated rings. The van der Waals surface area contributed by atoms with Crippen molar-refractivity contribution in [3.8, 4) is 16.9 Å². The second kappa shape index (κ2) is 10.2. The number of hydrogen-bond acceptors (Lipinski definition) is 9. The van der Waals surface area contributed by atoms with Gasteiger partial charge in [-0.25, -0.2) is 23.1 Å². The normalized spacial score (nSPS) is 13.8. The van der Waals surface area contributed by atoms with Crippen molar-refractivity contribution in [2.24, 2.45) is 0 Å². The highest BCUT2D eigenvalue weighted by molar-refractivity contribution is 7.93. The predicted molar refractivity (Wildman–Crippen MR) is 160 cm³/mol. The Bertz CT molecular complexity index is 1880. The Hall–Kier alpha value is -4.78. The molecule has 0 atom stereocenters. The first-order valence-electron chi connectivity index (χ1n) is 13.5. The summed E-state index contributed by atoms with van der Waals surface area (Å²) in [5, 5.41) is 11.9. The lowest BCUT2D eigenvalue weighted by Gasteiger charge is -2.12. The summed E-state index contributed by atoms with van der Waals surface area (Å²) in [6.07, 6.45) is 2.83. The lowest BCUT2D eigenvalue weighted by molar-refractivity contribution is -0.115. The number of nitrogens with one attached hydrogen (secondary N) is 2. The number of nitrogen functional groups attached to an aromatic ring is 1. The number of carbonyl (C=O) groups is 1. The first-order valence-corrected chi connectivity index (χ1v) is 15.0. The summed E-state index contributed by atoms with van der Waals surface area (Å²) in [5.41, 5.74) is 10.2. The van der Waals surface area contributed by atoms with Crippen molar-refractivity contribution in [2.75, 3.05) is 15.8 Å². The van der Waals surface area contributed by atoms with E-state index < -0.39 is 10.0 Å². The van der Waals surface area contributed by atoms with Crippen LogP contribution in [0.1, 0.15) is 45.1 Å². The van der Waals surface area contributed by atoms with Gasteiger partial charge in [0, 0.05) is 28.4 Å². The number of nitrogens with two attached hydrogens (primary N) is 1. The topological polar surface area (TPSA) is 171 Å². The van der Waals surface area contributed by atoms with Crippen LogP contribution in [0.25, 0.3) is 28.0 Å². The van der Waals surface area contributed by atoms with Crippen molar-refractivity contribution >= 4 is 44.2 Å². The van der Waals surface area contributed by atoms with Crippen LogP contribution in [0.4, 0.5) is 17.2 Å². The van der Waals surface area contributed by atoms with Gasteiger partial charge < -0.3 is 15.6 Å². The van der Waals surface area contributed by atoms with Crippen LogP contribution in [0.5, 0.6) is 0 Å². The van der Waals surface area contributed by atoms with Crippen molar-refractivity contribution in [1.82, 2.24) is 24.9 Å². The molecule has 6 rings (SSSR count). The van der Waals surface area contributed by atoms with Crippen molar-refractivity contribution in [1.29, 1.82) is 0 Å². The molecule has 0 radical (unpaired) electrons. The van der Waals surface area contributed by atoms with Gasteiger partial charge in [-0.05, 0) is 49.2 Å². The van der Waals surface area contributed by atoms with Gasteiger partial charge in [-0.2, -0.15) is 5.10 Å². The fourth-order valence-corrected chi connectivity index (χ4v) is 5.87. The lowest BCUT2D eigenvalue weighted by Crippen LogP contribution is -2.17. The Morgan fingerprint density at radius 1 is 1.05 bits per heavy atom. The van der Waals surface area contributed by atoms with Crippen LogP contribution < -0.4 is 15.8 Å². The molecule has 0 unspecified atom stereocenters. The van der Waals surface area contributed by atoms with E-state index in [1.807, 2.05) is 32.9 Å². The molecule has 4 N–H and O–H groups in total. The average molecular weight is 587 g/mol. The zero-order valence-corrected chi connectivity index (χ0v) is 24.1. The van der Waals surface area contributed by atoms with Gasteiger partial charge in [0.2, 0.25) is 15.9 Å². The van der Waals surface area contributed by atoms with Crippen LogP contribution in [-0.4, -0.2) is 44.5 Å². The molecule has 0 spiro atoms. The molecule has 216 valence electrons. The minimum atomic E-state index is -3.37. The summed E-state index contributed by atoms with van der Waals surface area (Å²) in [6, 6.07) is 15.9. The molecule has 0 saturated heterocycles. The van der Waals surface area contributed by atoms with Crippen LogP contribution in [0.2, 0.25) is 0 Å². The summed E-state index contributed by atoms with van der Waals surface area (Å²) in [5.74, 6) is 0.775. The quantitative estimate of drug-likeness (QED) is 0.238. The smallest absolute Gasteiger partial charge is 0.235 e. The van der Waals surface area contributed by atoms with E-state index >= 15 is 0 Å². The number of sulfonamides is 1. The van der Waals surface area contributed by atoms with Crippen LogP contribution in [0, 0.1) is 0 Å². The van der Waals surface area contributed by atoms with Gasteiger partial charge in [-0.1, -0.05) is 38.1 Å². The molecule has 1 saturated carbocycles. The molecule has 12 nitrogen and oxygen atoms in total. The summed E-state index contributed by atoms with van der Waals surface area (Å²) in [4.78, 5) is 21.2. The van der Waals surface area contributed by atoms with Gasteiger partial charge in [0.05, 0.1) is 28.4 Å². The van der Waals surface area contributed by atoms with E-state index in [2.05, 4.69) is 25.2 Å². The number of benzene rings is 2. The van der Waals surface area contributed by atoms with Gasteiger partial charge in [-0.15, -0.1) is 0 Å². The second-order valence-electron chi connectivity index (χ2n) is 11.3. The Morgan fingerprint density at radius 2 is 1.74 bits per heavy atom. The lowest BCUT2D eigenvalue weighted by atomic mass is 9.93. The highest BCUT2D eigenvalue weighted by Gasteiger charge is 2.35. The largest absolute Gasteiger partial charge is 0.383 e. The van der Waals surface area contributed by atoms with Crippen molar-refractivity contribution in [3.05, 3.63) is 72.4 Å². The molecule has 0 bridgehead atoms. The molecule has 1 aliphatic carbocycles. The number of hydrogen-bond donors (Lipinski definition) is 3. The molecule has 1 aliphatic rings. The standard InChI is InChI=1S/C29H30N8O4S/c1-29(2,3)23-14-20(35-41-23)15-24(38)33-18-8-10-21(11-9-18)37-28-25(27(30)31-16-32-28)26(34-37)17-4-6-19(7-5-17)36-42(39,40)22-12-13-22/h4-11,14,16,22,36H,12-13,15H2,1-3H3,(H,33,38)(H2,30,31,32). The van der Waals surface area contributed by atoms with Crippen molar-refractivity contribution in [2.45, 2.75) is 50.7 Å². The monoisotopic (exact) mass is 586 g/mol. The molecule has 3 heterocycles. The van der Waals surface area contributed by atoms with Crippen LogP contribution in [0.15, 0.2) is 65.4 Å². The first-order chi connectivity index (χ1) is 20.0. The van der Waals surface area contributed by atoms with E-state index in [9.17, 15) is 13.2 Å². The Balaban J connectivity index is 1.22. The molecule has 1 amide bonds. The van der Waals surface area contributed by atoms with Gasteiger partial charge in [-0.3, -0.25) is 9.52 Å². The van der Waals surface area contributed by atoms with Gasteiger partial charge >= 0.3 is 0 Å². The number of amides is 1. The van der Waals surface area contributed by atoms with E-state index in [1.54, 1.807) is 47.1 Å². The molecule has 3 aromatic heterocycles. The fraction of sp³-hybridized carbons (Fsp3) is 0.276. The number of carbonyl (C=O) groups excluding carboxylic acids is 1. The molecule has 0 aliphatic heterocycles. The molecule has 13 heteroatoms. The summed E-state index contributed by atoms with van der Waals surface area (Å²) in [7, 11) is -3.37. The van der Waals surface area contributed by atoms with Crippen LogP contribution in [-0.2, 0) is 26.7 Å². The first kappa shape index (κ1) is 27.4. The number of anilines is 3. The Morgan fingerprint density at radius 3 is 2.38 bits per heavy atom. The fourth-order valence-electron chi connectivity index (χ4n) is 4.48. The van der Waals surface area contributed by atoms with E-state index in [0.717, 1.165) is 11.3 Å². The average Bonchev–Trinajstić information content (AvgIpc) is 3.58. The van der Waals surface area contributed by atoms with E-state index in [4.69, 9.17) is 15.4 Å². The van der Waals surface area contributed by atoms with E-state index in [1.165, 1.54) is 6.33 Å². The molecule has 42 heavy (non-hydrogen) atoms. The van der Waals surface area contributed by atoms with E-state index in [-0.39, 0.29) is 28.8 Å². The Kier molecular flexibility index (Phi) is 6.68. The molecule has 5 aromatic rings. The van der Waals surface area contributed by atoms with Crippen molar-refractivity contribution < 1.29 is 17.7 Å². The number of fused-ring (bicyclic) bond motifs is 1. The third-order valence-electron chi connectivity index (χ3n) is 6.91. The predicted octanol–water partition coefficient (Wildman–Crippen LogP) is 4.44. The minimum absolute atomic E-state index is 0.0888. The maximum absolute atomic E-state index is 12.6. The molecular weight excluding hydrogens is 556 g/mol. The SMILES string of the molecule is CC(C)(C)c1cc(CC(=O)Nc2ccc(-n3nc(-c4ccc(NS(=O)(=O)C5CC5)cc4)c4c(N)ncnc43)cc2)no1. The van der Waals surface area contributed by atoms with Gasteiger partial charge in [0.1, 0.15) is 23.6 Å². The van der Waals surface area contributed by atoms with Crippen LogP contribution in [0.3, 0.4) is 0 Å². The maximum Gasteiger partial charge on any atom is 0.235 e. The zero-order chi connectivity index (χ0) is 29.6. The third kappa shape index (κ3) is 5.55. The Labute approximate surface area is 242 Å². The molecular formula is C29H30N8O4S. The third-order valence-corrected chi connectivity index (χ3v) is 8.78. The summed E-state index contributed by atoms with van der Waals surface area (Å²) >= 11 is 0. The van der Waals surface area contributed by atoms with Gasteiger partial charge in [0.25, 0.3) is 0 Å². The van der Waals surface area contributed by atoms with Crippen LogP contribution >= 0.6 is 0 Å². The van der Waals surface area contributed by atoms with Gasteiger partial charge in [0.15, 0.2) is 5.65 Å². The summed E-state index contributed by atoms with van der Waals surface area (Å²) in [6.45, 7) is 6.05. The zero-order valence-electron chi connectivity index (χ0n) is 23.3. The minimum Gasteiger partial charge on any atom is -0.383 e. The van der Waals surface area contributed by atoms with E-state index in [0.29, 0.717) is 52.3 Å². The highest BCUT2D eigenvalue weighted by Crippen LogP contribution is 2.34. The number of nitrogens with zero attached hydrogens (tertiary/aromatic N) is 5. The summed E-state index contributed by atoms with van der Waals surface area (Å²) < 4.78 is 34.3. The number of aromatic nitrogens is 5.